The molecule has 3 aliphatic rings. The minimum atomic E-state index is -0.162. The molecule has 1 N–H and O–H groups in total. The van der Waals surface area contributed by atoms with E-state index in [1.54, 1.807) is 5.57 Å². The van der Waals surface area contributed by atoms with Crippen LogP contribution in [0.3, 0.4) is 0 Å². The smallest absolute Gasteiger partial charge is 0.0650 e. The van der Waals surface area contributed by atoms with Crippen LogP contribution in [-0.4, -0.2) is 23.9 Å². The minimum absolute atomic E-state index is 0.162. The number of hydrogen-bond donors (Lipinski definition) is 1. The molecular weight excluding hydrogens is 188 g/mol. The van der Waals surface area contributed by atoms with Crippen LogP contribution in [0, 0.1) is 17.3 Å². The van der Waals surface area contributed by atoms with Gasteiger partial charge in [-0.15, -0.1) is 0 Å². The highest BCUT2D eigenvalue weighted by Gasteiger charge is 2.49. The Kier molecular flexibility index (Phi) is 2.02. The molecule has 2 heteroatoms. The van der Waals surface area contributed by atoms with E-state index in [4.69, 9.17) is 4.74 Å². The van der Waals surface area contributed by atoms with E-state index in [1.165, 1.54) is 6.42 Å². The Labute approximate surface area is 91.3 Å². The monoisotopic (exact) mass is 208 g/mol. The van der Waals surface area contributed by atoms with E-state index in [2.05, 4.69) is 19.9 Å². The Morgan fingerprint density at radius 1 is 1.47 bits per heavy atom. The van der Waals surface area contributed by atoms with Crippen LogP contribution in [0.15, 0.2) is 11.6 Å². The lowest BCUT2D eigenvalue weighted by atomic mass is 9.63. The molecule has 0 aromatic rings. The molecule has 84 valence electrons. The molecule has 2 aliphatic carbocycles. The van der Waals surface area contributed by atoms with Gasteiger partial charge in [0.15, 0.2) is 0 Å². The van der Waals surface area contributed by atoms with Gasteiger partial charge >= 0.3 is 0 Å². The second kappa shape index (κ2) is 3.08. The summed E-state index contributed by atoms with van der Waals surface area (Å²) in [7, 11) is 0. The first kappa shape index (κ1) is 9.86. The first-order chi connectivity index (χ1) is 7.07. The molecular formula is C13H20O2. The van der Waals surface area contributed by atoms with Gasteiger partial charge in [-0.3, -0.25) is 0 Å². The Morgan fingerprint density at radius 2 is 2.27 bits per heavy atom. The summed E-state index contributed by atoms with van der Waals surface area (Å²) in [4.78, 5) is 0. The van der Waals surface area contributed by atoms with E-state index < -0.39 is 0 Å². The third-order valence-electron chi connectivity index (χ3n) is 4.34. The molecule has 0 unspecified atom stereocenters. The fourth-order valence-corrected chi connectivity index (χ4v) is 3.71. The van der Waals surface area contributed by atoms with Crippen molar-refractivity contribution in [3.8, 4) is 0 Å². The molecule has 0 amide bonds. The van der Waals surface area contributed by atoms with Crippen molar-refractivity contribution in [2.24, 2.45) is 17.3 Å². The maximum absolute atomic E-state index is 9.94. The average Bonchev–Trinajstić information content (AvgIpc) is 2.54. The molecule has 0 aromatic carbocycles. The summed E-state index contributed by atoms with van der Waals surface area (Å²) in [6.07, 6.45) is 5.67. The first-order valence-corrected chi connectivity index (χ1v) is 6.05. The van der Waals surface area contributed by atoms with E-state index in [-0.39, 0.29) is 6.10 Å². The van der Waals surface area contributed by atoms with Crippen molar-refractivity contribution in [2.75, 3.05) is 6.61 Å². The summed E-state index contributed by atoms with van der Waals surface area (Å²) in [5.41, 5.74) is 1.94. The quantitative estimate of drug-likeness (QED) is 0.618. The maximum Gasteiger partial charge on any atom is 0.0650 e. The van der Waals surface area contributed by atoms with E-state index in [0.717, 1.165) is 19.4 Å². The lowest BCUT2D eigenvalue weighted by Gasteiger charge is -2.42. The van der Waals surface area contributed by atoms with Crippen LogP contribution in [0.2, 0.25) is 0 Å². The number of ether oxygens (including phenoxy) is 1. The summed E-state index contributed by atoms with van der Waals surface area (Å²) in [6, 6.07) is 0. The highest BCUT2D eigenvalue weighted by atomic mass is 16.5. The topological polar surface area (TPSA) is 29.5 Å². The fraction of sp³-hybridized carbons (Fsp3) is 0.846. The summed E-state index contributed by atoms with van der Waals surface area (Å²) < 4.78 is 5.88. The second-order valence-electron chi connectivity index (χ2n) is 6.19. The van der Waals surface area contributed by atoms with Gasteiger partial charge < -0.3 is 9.84 Å². The Bertz CT molecular complexity index is 306. The Balaban J connectivity index is 1.95. The third kappa shape index (κ3) is 1.46. The summed E-state index contributed by atoms with van der Waals surface area (Å²) >= 11 is 0. The summed E-state index contributed by atoms with van der Waals surface area (Å²) in [6.45, 7) is 5.42. The normalized spacial score (nSPS) is 47.3. The van der Waals surface area contributed by atoms with Crippen molar-refractivity contribution in [3.63, 3.8) is 0 Å². The van der Waals surface area contributed by atoms with Gasteiger partial charge in [0.05, 0.1) is 18.8 Å². The highest BCUT2D eigenvalue weighted by molar-refractivity contribution is 5.22. The first-order valence-electron chi connectivity index (χ1n) is 6.05. The van der Waals surface area contributed by atoms with E-state index in [0.29, 0.717) is 23.4 Å². The third-order valence-corrected chi connectivity index (χ3v) is 4.34. The maximum atomic E-state index is 9.94. The van der Waals surface area contributed by atoms with Crippen molar-refractivity contribution in [3.05, 3.63) is 11.6 Å². The second-order valence-corrected chi connectivity index (χ2v) is 6.19. The van der Waals surface area contributed by atoms with Gasteiger partial charge in [0, 0.05) is 11.8 Å². The molecule has 0 spiro atoms. The molecule has 0 aromatic heterocycles. The standard InChI is InChI=1S/C13H20O2/c1-13(2)5-8-3-4-10(14)9-7-15-11(6-13)12(8)9/h3,9-12,14H,4-7H2,1-2H3/t9-,10+,11-,12-/m0/s1. The van der Waals surface area contributed by atoms with Crippen LogP contribution in [0.1, 0.15) is 33.1 Å². The van der Waals surface area contributed by atoms with Crippen LogP contribution < -0.4 is 0 Å². The van der Waals surface area contributed by atoms with Crippen LogP contribution in [-0.2, 0) is 4.74 Å². The molecule has 0 bridgehead atoms. The van der Waals surface area contributed by atoms with Gasteiger partial charge in [-0.05, 0) is 24.7 Å². The van der Waals surface area contributed by atoms with Crippen molar-refractivity contribution in [1.82, 2.24) is 0 Å². The summed E-state index contributed by atoms with van der Waals surface area (Å²) in [5, 5.41) is 9.94. The van der Waals surface area contributed by atoms with Gasteiger partial charge in [0.25, 0.3) is 0 Å². The lowest BCUT2D eigenvalue weighted by Crippen LogP contribution is -2.40. The van der Waals surface area contributed by atoms with Crippen molar-refractivity contribution < 1.29 is 9.84 Å². The van der Waals surface area contributed by atoms with Crippen LogP contribution >= 0.6 is 0 Å². The highest BCUT2D eigenvalue weighted by Crippen LogP contribution is 2.51. The zero-order valence-corrected chi connectivity index (χ0v) is 9.57. The summed E-state index contributed by atoms with van der Waals surface area (Å²) in [5.74, 6) is 0.910. The van der Waals surface area contributed by atoms with E-state index >= 15 is 0 Å². The molecule has 2 fully saturated rings. The molecule has 0 radical (unpaired) electrons. The van der Waals surface area contributed by atoms with Gasteiger partial charge in [-0.1, -0.05) is 25.5 Å². The van der Waals surface area contributed by atoms with Crippen LogP contribution in [0.5, 0.6) is 0 Å². The van der Waals surface area contributed by atoms with Gasteiger partial charge in [-0.25, -0.2) is 0 Å². The van der Waals surface area contributed by atoms with Crippen molar-refractivity contribution >= 4 is 0 Å². The molecule has 1 heterocycles. The van der Waals surface area contributed by atoms with E-state index in [1.807, 2.05) is 0 Å². The zero-order valence-electron chi connectivity index (χ0n) is 9.57. The fourth-order valence-electron chi connectivity index (χ4n) is 3.71. The Hall–Kier alpha value is -0.340. The Morgan fingerprint density at radius 3 is 3.07 bits per heavy atom. The van der Waals surface area contributed by atoms with Crippen molar-refractivity contribution in [1.29, 1.82) is 0 Å². The number of aliphatic hydroxyl groups excluding tert-OH is 1. The number of hydrogen-bond acceptors (Lipinski definition) is 2. The zero-order chi connectivity index (χ0) is 10.6. The molecule has 1 saturated carbocycles. The molecule has 15 heavy (non-hydrogen) atoms. The van der Waals surface area contributed by atoms with Gasteiger partial charge in [0.1, 0.15) is 0 Å². The molecule has 4 atom stereocenters. The largest absolute Gasteiger partial charge is 0.392 e. The van der Waals surface area contributed by atoms with Crippen LogP contribution in [0.25, 0.3) is 0 Å². The SMILES string of the molecule is CC1(C)CC2=CC[C@@H](O)[C@@H]3CO[C@@H](C1)[C@@H]23. The van der Waals surface area contributed by atoms with Gasteiger partial charge in [0.2, 0.25) is 0 Å². The molecule has 3 rings (SSSR count). The van der Waals surface area contributed by atoms with Crippen LogP contribution in [0.4, 0.5) is 0 Å². The predicted molar refractivity (Wildman–Crippen MR) is 58.4 cm³/mol. The number of aliphatic hydroxyl groups is 1. The predicted octanol–water partition coefficient (Wildman–Crippen LogP) is 2.13. The minimum Gasteiger partial charge on any atom is -0.392 e. The van der Waals surface area contributed by atoms with E-state index in [9.17, 15) is 5.11 Å². The average molecular weight is 208 g/mol. The number of rotatable bonds is 0. The molecule has 1 saturated heterocycles. The van der Waals surface area contributed by atoms with Gasteiger partial charge in [-0.2, -0.15) is 0 Å². The van der Waals surface area contributed by atoms with Crippen molar-refractivity contribution in [2.45, 2.75) is 45.3 Å². The molecule has 1 aliphatic heterocycles. The lowest BCUT2D eigenvalue weighted by molar-refractivity contribution is 0.0405. The molecule has 2 nitrogen and oxygen atoms in total.